The summed E-state index contributed by atoms with van der Waals surface area (Å²) in [5.74, 6) is 0.818. The Morgan fingerprint density at radius 1 is 1.56 bits per heavy atom. The van der Waals surface area contributed by atoms with Gasteiger partial charge in [-0.3, -0.25) is 4.90 Å². The van der Waals surface area contributed by atoms with E-state index in [-0.39, 0.29) is 12.4 Å². The number of aryl methyl sites for hydroxylation is 1. The molecule has 2 rings (SSSR count). The molecule has 0 aliphatic carbocycles. The van der Waals surface area contributed by atoms with Crippen molar-refractivity contribution in [2.24, 2.45) is 5.92 Å². The van der Waals surface area contributed by atoms with E-state index in [1.807, 2.05) is 7.05 Å². The minimum absolute atomic E-state index is 0. The van der Waals surface area contributed by atoms with E-state index in [0.29, 0.717) is 0 Å². The Morgan fingerprint density at radius 3 is 3.06 bits per heavy atom. The van der Waals surface area contributed by atoms with Gasteiger partial charge < -0.3 is 5.32 Å². The normalized spacial score (nSPS) is 20.7. The summed E-state index contributed by atoms with van der Waals surface area (Å²) in [6.07, 6.45) is 3.76. The molecule has 1 atom stereocenters. The van der Waals surface area contributed by atoms with Gasteiger partial charge in [0.1, 0.15) is 0 Å². The number of piperidine rings is 1. The van der Waals surface area contributed by atoms with Crippen molar-refractivity contribution in [1.82, 2.24) is 15.2 Å². The number of rotatable bonds is 5. The Kier molecular flexibility index (Phi) is 7.15. The zero-order valence-electron chi connectivity index (χ0n) is 11.3. The van der Waals surface area contributed by atoms with Crippen LogP contribution in [0.15, 0.2) is 5.38 Å². The van der Waals surface area contributed by atoms with Crippen molar-refractivity contribution in [3.05, 3.63) is 16.1 Å². The van der Waals surface area contributed by atoms with Crippen LogP contribution in [0.2, 0.25) is 0 Å². The zero-order chi connectivity index (χ0) is 12.1. The number of aromatic nitrogens is 1. The molecule has 1 aromatic heterocycles. The standard InChI is InChI=1S/C13H23N3S.ClH/c1-3-13-15-12(10-17-13)9-16-6-4-5-11(8-16)7-14-2;/h10-11,14H,3-9H2,1-2H3;1H. The zero-order valence-corrected chi connectivity index (χ0v) is 12.9. The summed E-state index contributed by atoms with van der Waals surface area (Å²) >= 11 is 1.80. The fourth-order valence-electron chi connectivity index (χ4n) is 2.56. The van der Waals surface area contributed by atoms with Crippen LogP contribution in [0.25, 0.3) is 0 Å². The van der Waals surface area contributed by atoms with Crippen molar-refractivity contribution in [3.63, 3.8) is 0 Å². The molecule has 1 saturated heterocycles. The fourth-order valence-corrected chi connectivity index (χ4v) is 3.30. The van der Waals surface area contributed by atoms with Crippen LogP contribution < -0.4 is 5.32 Å². The number of nitrogens with zero attached hydrogens (tertiary/aromatic N) is 2. The van der Waals surface area contributed by atoms with Crippen molar-refractivity contribution < 1.29 is 0 Å². The number of hydrogen-bond donors (Lipinski definition) is 1. The van der Waals surface area contributed by atoms with Gasteiger partial charge in [-0.05, 0) is 45.3 Å². The van der Waals surface area contributed by atoms with E-state index in [9.17, 15) is 0 Å². The minimum atomic E-state index is 0. The van der Waals surface area contributed by atoms with E-state index < -0.39 is 0 Å². The summed E-state index contributed by atoms with van der Waals surface area (Å²) in [7, 11) is 2.05. The van der Waals surface area contributed by atoms with Gasteiger partial charge in [0.15, 0.2) is 0 Å². The van der Waals surface area contributed by atoms with Gasteiger partial charge in [-0.15, -0.1) is 23.7 Å². The molecule has 1 aliphatic rings. The summed E-state index contributed by atoms with van der Waals surface area (Å²) in [6, 6.07) is 0. The van der Waals surface area contributed by atoms with Gasteiger partial charge in [-0.25, -0.2) is 4.98 Å². The molecule has 0 saturated carbocycles. The van der Waals surface area contributed by atoms with Gasteiger partial charge in [0.05, 0.1) is 10.7 Å². The third-order valence-electron chi connectivity index (χ3n) is 3.38. The molecule has 0 amide bonds. The number of thiazole rings is 1. The number of hydrogen-bond acceptors (Lipinski definition) is 4. The van der Waals surface area contributed by atoms with Crippen LogP contribution in [0.3, 0.4) is 0 Å². The maximum absolute atomic E-state index is 4.66. The van der Waals surface area contributed by atoms with E-state index in [1.54, 1.807) is 11.3 Å². The predicted molar refractivity (Wildman–Crippen MR) is 80.7 cm³/mol. The van der Waals surface area contributed by atoms with E-state index in [2.05, 4.69) is 27.5 Å². The molecule has 18 heavy (non-hydrogen) atoms. The molecule has 1 aromatic rings. The summed E-state index contributed by atoms with van der Waals surface area (Å²) in [5.41, 5.74) is 1.26. The van der Waals surface area contributed by atoms with E-state index in [0.717, 1.165) is 25.4 Å². The fraction of sp³-hybridized carbons (Fsp3) is 0.769. The van der Waals surface area contributed by atoms with Gasteiger partial charge in [-0.2, -0.15) is 0 Å². The third-order valence-corrected chi connectivity index (χ3v) is 4.43. The van der Waals surface area contributed by atoms with Gasteiger partial charge in [0.2, 0.25) is 0 Å². The largest absolute Gasteiger partial charge is 0.319 e. The molecule has 3 nitrogen and oxygen atoms in total. The first-order valence-electron chi connectivity index (χ1n) is 6.62. The second-order valence-corrected chi connectivity index (χ2v) is 5.83. The lowest BCUT2D eigenvalue weighted by molar-refractivity contribution is 0.165. The van der Waals surface area contributed by atoms with Crippen LogP contribution >= 0.6 is 23.7 Å². The molecule has 2 heterocycles. The van der Waals surface area contributed by atoms with Crippen LogP contribution in [-0.2, 0) is 13.0 Å². The summed E-state index contributed by atoms with van der Waals surface area (Å²) in [5, 5.41) is 6.78. The Hall–Kier alpha value is -0.160. The van der Waals surface area contributed by atoms with Crippen molar-refractivity contribution in [2.45, 2.75) is 32.7 Å². The van der Waals surface area contributed by atoms with Crippen molar-refractivity contribution >= 4 is 23.7 Å². The van der Waals surface area contributed by atoms with Crippen LogP contribution in [0.5, 0.6) is 0 Å². The Bertz CT molecular complexity index is 341. The predicted octanol–water partition coefficient (Wildman–Crippen LogP) is 2.56. The topological polar surface area (TPSA) is 28.2 Å². The third kappa shape index (κ3) is 4.50. The summed E-state index contributed by atoms with van der Waals surface area (Å²) < 4.78 is 0. The molecule has 1 unspecified atom stereocenters. The first-order chi connectivity index (χ1) is 8.31. The van der Waals surface area contributed by atoms with Gasteiger partial charge in [0.25, 0.3) is 0 Å². The molecule has 0 spiro atoms. The van der Waals surface area contributed by atoms with Crippen molar-refractivity contribution in [3.8, 4) is 0 Å². The van der Waals surface area contributed by atoms with E-state index >= 15 is 0 Å². The van der Waals surface area contributed by atoms with Crippen molar-refractivity contribution in [1.29, 1.82) is 0 Å². The van der Waals surface area contributed by atoms with Gasteiger partial charge in [0, 0.05) is 18.5 Å². The molecule has 1 fully saturated rings. The highest BCUT2D eigenvalue weighted by atomic mass is 35.5. The molecule has 1 N–H and O–H groups in total. The Balaban J connectivity index is 0.00000162. The summed E-state index contributed by atoms with van der Waals surface area (Å²) in [4.78, 5) is 7.21. The molecule has 104 valence electrons. The quantitative estimate of drug-likeness (QED) is 0.903. The monoisotopic (exact) mass is 289 g/mol. The van der Waals surface area contributed by atoms with Crippen LogP contribution in [-0.4, -0.2) is 36.6 Å². The molecule has 0 radical (unpaired) electrons. The first-order valence-corrected chi connectivity index (χ1v) is 7.50. The van der Waals surface area contributed by atoms with Crippen molar-refractivity contribution in [2.75, 3.05) is 26.7 Å². The Morgan fingerprint density at radius 2 is 2.39 bits per heavy atom. The minimum Gasteiger partial charge on any atom is -0.319 e. The molecule has 1 aliphatic heterocycles. The highest BCUT2D eigenvalue weighted by Crippen LogP contribution is 2.19. The van der Waals surface area contributed by atoms with Gasteiger partial charge >= 0.3 is 0 Å². The molecular weight excluding hydrogens is 266 g/mol. The summed E-state index contributed by atoms with van der Waals surface area (Å²) in [6.45, 7) is 6.82. The van der Waals surface area contributed by atoms with Gasteiger partial charge in [-0.1, -0.05) is 6.92 Å². The van der Waals surface area contributed by atoms with Crippen LogP contribution in [0.4, 0.5) is 0 Å². The maximum Gasteiger partial charge on any atom is 0.0926 e. The number of halogens is 1. The second kappa shape index (κ2) is 8.10. The second-order valence-electron chi connectivity index (χ2n) is 4.89. The average molecular weight is 290 g/mol. The lowest BCUT2D eigenvalue weighted by atomic mass is 9.98. The lowest BCUT2D eigenvalue weighted by Gasteiger charge is -2.32. The Labute approximate surface area is 120 Å². The molecular formula is C13H24ClN3S. The van der Waals surface area contributed by atoms with E-state index in [1.165, 1.54) is 36.6 Å². The van der Waals surface area contributed by atoms with Crippen LogP contribution in [0, 0.1) is 5.92 Å². The SMILES string of the molecule is CCc1nc(CN2CCCC(CNC)C2)cs1.Cl. The molecule has 0 aromatic carbocycles. The smallest absolute Gasteiger partial charge is 0.0926 e. The first kappa shape index (κ1) is 15.9. The molecule has 5 heteroatoms. The number of nitrogens with one attached hydrogen (secondary N) is 1. The average Bonchev–Trinajstić information content (AvgIpc) is 2.78. The lowest BCUT2D eigenvalue weighted by Crippen LogP contribution is -2.38. The van der Waals surface area contributed by atoms with Crippen LogP contribution in [0.1, 0.15) is 30.5 Å². The highest BCUT2D eigenvalue weighted by molar-refractivity contribution is 7.09. The molecule has 0 bridgehead atoms. The number of likely N-dealkylation sites (tertiary alicyclic amines) is 1. The highest BCUT2D eigenvalue weighted by Gasteiger charge is 2.19. The van der Waals surface area contributed by atoms with E-state index in [4.69, 9.17) is 0 Å². The maximum atomic E-state index is 4.66.